The molecule has 2 aliphatic heterocycles. The molecule has 0 aromatic heterocycles. The van der Waals surface area contributed by atoms with E-state index in [0.717, 1.165) is 15.4 Å². The van der Waals surface area contributed by atoms with Gasteiger partial charge in [0.2, 0.25) is 0 Å². The van der Waals surface area contributed by atoms with Gasteiger partial charge in [0.15, 0.2) is 0 Å². The Labute approximate surface area is 171 Å². The van der Waals surface area contributed by atoms with Crippen molar-refractivity contribution in [1.29, 1.82) is 0 Å². The van der Waals surface area contributed by atoms with Crippen LogP contribution >= 0.6 is 0 Å². The fourth-order valence-electron chi connectivity index (χ4n) is 2.33. The first-order valence-electron chi connectivity index (χ1n) is 5.54. The van der Waals surface area contributed by atoms with Gasteiger partial charge < -0.3 is 18.2 Å². The zero-order chi connectivity index (χ0) is 13.9. The predicted octanol–water partition coefficient (Wildman–Crippen LogP) is -0.551. The van der Waals surface area contributed by atoms with Crippen molar-refractivity contribution in [1.82, 2.24) is 4.90 Å². The van der Waals surface area contributed by atoms with Crippen LogP contribution in [0.4, 0.5) is 5.69 Å². The second kappa shape index (κ2) is 6.07. The minimum absolute atomic E-state index is 0. The monoisotopic (exact) mass is 434 g/mol. The molecule has 2 heterocycles. The van der Waals surface area contributed by atoms with E-state index in [1.807, 2.05) is 0 Å². The summed E-state index contributed by atoms with van der Waals surface area (Å²) >= 11 is 0. The van der Waals surface area contributed by atoms with Gasteiger partial charge in [-0.15, -0.1) is 0 Å². The van der Waals surface area contributed by atoms with Gasteiger partial charge in [-0.3, -0.25) is 40.6 Å². The second-order valence-corrected chi connectivity index (χ2v) is 4.51. The summed E-state index contributed by atoms with van der Waals surface area (Å²) in [6, 6.07) is 8.51. The van der Waals surface area contributed by atoms with E-state index in [1.165, 1.54) is 13.1 Å². The van der Waals surface area contributed by atoms with Crippen molar-refractivity contribution < 1.29 is 84.6 Å². The molecule has 4 amide bonds. The summed E-state index contributed by atoms with van der Waals surface area (Å²) in [6.07, 6.45) is 0. The van der Waals surface area contributed by atoms with Crippen molar-refractivity contribution >= 4 is 29.3 Å². The van der Waals surface area contributed by atoms with Crippen LogP contribution in [0, 0.1) is 24.5 Å². The zero-order valence-electron chi connectivity index (χ0n) is 11.3. The van der Waals surface area contributed by atoms with Crippen LogP contribution < -0.4 is 4.90 Å². The molecule has 21 heavy (non-hydrogen) atoms. The number of likely N-dealkylation sites (tertiary alicyclic amines) is 1. The largest absolute Gasteiger partial charge is 0.356 e. The van der Waals surface area contributed by atoms with Gasteiger partial charge in [-0.25, -0.2) is 0 Å². The third kappa shape index (κ3) is 2.14. The average molecular weight is 434 g/mol. The summed E-state index contributed by atoms with van der Waals surface area (Å²) in [7, 11) is 1.24. The third-order valence-electron chi connectivity index (χ3n) is 3.41. The Kier molecular flexibility index (Phi) is 5.42. The summed E-state index contributed by atoms with van der Waals surface area (Å²) in [6.45, 7) is 1.75. The minimum atomic E-state index is -2.12. The molecule has 8 heteroatoms. The van der Waals surface area contributed by atoms with Crippen molar-refractivity contribution in [2.45, 2.75) is 6.92 Å². The molecule has 6 nitrogen and oxygen atoms in total. The van der Waals surface area contributed by atoms with Crippen LogP contribution in [0.2, 0.25) is 0 Å². The molecule has 2 saturated heterocycles. The number of anilines is 1. The van der Waals surface area contributed by atoms with Crippen LogP contribution in [0.3, 0.4) is 0 Å². The maximum absolute atomic E-state index is 12.1. The number of amides is 4. The average Bonchev–Trinajstić information content (AvgIpc) is 2.39. The number of imide groups is 2. The number of hydrogen-bond acceptors (Lipinski definition) is 4. The molecule has 0 bridgehead atoms. The quantitative estimate of drug-likeness (QED) is 0.338. The van der Waals surface area contributed by atoms with E-state index in [0.29, 0.717) is 0 Å². The van der Waals surface area contributed by atoms with Crippen LogP contribution in [0.15, 0.2) is 12.1 Å². The molecule has 2 radical (unpaired) electrons. The van der Waals surface area contributed by atoms with Crippen LogP contribution in [0.1, 0.15) is 5.56 Å². The van der Waals surface area contributed by atoms with E-state index in [1.54, 1.807) is 13.0 Å². The minimum Gasteiger partial charge on any atom is -0.356 e. The molecule has 0 unspecified atom stereocenters. The van der Waals surface area contributed by atoms with Crippen LogP contribution in [-0.2, 0) is 84.6 Å². The molecule has 1 aromatic rings. The van der Waals surface area contributed by atoms with Gasteiger partial charge in [-0.1, -0.05) is 6.92 Å². The summed E-state index contributed by atoms with van der Waals surface area (Å²) in [5.74, 6) is -3.12. The SMILES string of the molecule is Cc1[c-]c[c-]c(N2C(=O)C3(C(=O)N(C)C3=O)C2=O)c1.[Y].[Y]. The van der Waals surface area contributed by atoms with E-state index < -0.39 is 29.0 Å². The third-order valence-corrected chi connectivity index (χ3v) is 3.41. The molecule has 102 valence electrons. The molecule has 0 atom stereocenters. The van der Waals surface area contributed by atoms with E-state index in [2.05, 4.69) is 12.1 Å². The van der Waals surface area contributed by atoms with Crippen LogP contribution in [-0.4, -0.2) is 35.6 Å². The molecule has 2 fully saturated rings. The van der Waals surface area contributed by atoms with Crippen molar-refractivity contribution in [3.05, 3.63) is 29.8 Å². The van der Waals surface area contributed by atoms with Crippen molar-refractivity contribution in [2.24, 2.45) is 5.41 Å². The first-order chi connectivity index (χ1) is 8.92. The van der Waals surface area contributed by atoms with Gasteiger partial charge in [-0.2, -0.15) is 5.69 Å². The van der Waals surface area contributed by atoms with Gasteiger partial charge in [0.1, 0.15) is 0 Å². The van der Waals surface area contributed by atoms with Crippen LogP contribution in [0.25, 0.3) is 0 Å². The number of carbonyl (C=O) groups excluding carboxylic acids is 4. The molecule has 0 saturated carbocycles. The molecule has 0 N–H and O–H groups in total. The van der Waals surface area contributed by atoms with Gasteiger partial charge in [0.05, 0.1) is 0 Å². The van der Waals surface area contributed by atoms with Gasteiger partial charge in [0.25, 0.3) is 29.0 Å². The van der Waals surface area contributed by atoms with Crippen LogP contribution in [0.5, 0.6) is 0 Å². The topological polar surface area (TPSA) is 74.8 Å². The number of aryl methyl sites for hydroxylation is 1. The van der Waals surface area contributed by atoms with E-state index in [-0.39, 0.29) is 71.1 Å². The first-order valence-corrected chi connectivity index (χ1v) is 5.54. The number of carbonyl (C=O) groups is 4. The fraction of sp³-hybridized carbons (Fsp3) is 0.231. The number of hydrogen-bond donors (Lipinski definition) is 0. The molecule has 1 aromatic carbocycles. The maximum atomic E-state index is 12.1. The number of rotatable bonds is 1. The van der Waals surface area contributed by atoms with Gasteiger partial charge in [0, 0.05) is 72.5 Å². The van der Waals surface area contributed by atoms with E-state index in [9.17, 15) is 19.2 Å². The Morgan fingerprint density at radius 1 is 0.952 bits per heavy atom. The Balaban J connectivity index is 0.00000110. The normalized spacial score (nSPS) is 18.8. The fourth-order valence-corrected chi connectivity index (χ4v) is 2.33. The van der Waals surface area contributed by atoms with Gasteiger partial charge in [-0.05, 0) is 0 Å². The first kappa shape index (κ1) is 18.8. The molecule has 3 rings (SSSR count). The van der Waals surface area contributed by atoms with Crippen molar-refractivity contribution in [2.75, 3.05) is 11.9 Å². The molecule has 2 aliphatic rings. The zero-order valence-corrected chi connectivity index (χ0v) is 17.0. The Hall–Kier alpha value is -0.292. The summed E-state index contributed by atoms with van der Waals surface area (Å²) in [5.41, 5.74) is -1.17. The predicted molar refractivity (Wildman–Crippen MR) is 61.6 cm³/mol. The standard InChI is InChI=1S/C13H8N2O4.2Y/c1-7-4-3-5-8(6-7)15-11(18)13(12(15)19)9(16)14(2)10(13)17;;/h3,6H,1-2H3;;/q-2;;. The number of nitrogens with zero attached hydrogens (tertiary/aromatic N) is 2. The van der Waals surface area contributed by atoms with E-state index >= 15 is 0 Å². The Morgan fingerprint density at radius 3 is 1.95 bits per heavy atom. The summed E-state index contributed by atoms with van der Waals surface area (Å²) < 4.78 is 0. The van der Waals surface area contributed by atoms with Crippen molar-refractivity contribution in [3.8, 4) is 0 Å². The van der Waals surface area contributed by atoms with E-state index in [4.69, 9.17) is 0 Å². The Morgan fingerprint density at radius 2 is 1.48 bits per heavy atom. The Bertz CT molecular complexity index is 640. The molecular formula is C13H8N2O4Y2-2. The second-order valence-electron chi connectivity index (χ2n) is 4.51. The molecule has 0 aliphatic carbocycles. The van der Waals surface area contributed by atoms with Crippen molar-refractivity contribution in [3.63, 3.8) is 0 Å². The van der Waals surface area contributed by atoms with Gasteiger partial charge >= 0.3 is 0 Å². The summed E-state index contributed by atoms with van der Waals surface area (Å²) in [5, 5.41) is 0. The number of benzene rings is 1. The smallest absolute Gasteiger partial charge is 0.285 e. The summed E-state index contributed by atoms with van der Waals surface area (Å²) in [4.78, 5) is 49.0. The number of β-lactam (4-membered cyclic amide) rings is 4. The molecule has 1 spiro atoms. The maximum Gasteiger partial charge on any atom is 0.285 e. The molecular weight excluding hydrogens is 426 g/mol.